The van der Waals surface area contributed by atoms with Gasteiger partial charge in [0.25, 0.3) is 0 Å². The minimum absolute atomic E-state index is 0.190. The summed E-state index contributed by atoms with van der Waals surface area (Å²) in [7, 11) is 0. The number of hydrazine groups is 1. The molecule has 1 fully saturated rings. The Morgan fingerprint density at radius 2 is 1.57 bits per heavy atom. The summed E-state index contributed by atoms with van der Waals surface area (Å²) in [4.78, 5) is 0. The van der Waals surface area contributed by atoms with E-state index in [2.05, 4.69) is 10.9 Å². The highest BCUT2D eigenvalue weighted by atomic mass is 19.4. The van der Waals surface area contributed by atoms with Crippen molar-refractivity contribution < 1.29 is 13.2 Å². The zero-order valence-corrected chi connectivity index (χ0v) is 7.44. The molecule has 5 heteroatoms. The summed E-state index contributed by atoms with van der Waals surface area (Å²) >= 11 is 0. The van der Waals surface area contributed by atoms with Crippen LogP contribution in [-0.4, -0.2) is 6.18 Å². The molecule has 0 unspecified atom stereocenters. The Morgan fingerprint density at radius 1 is 1.07 bits per heavy atom. The standard InChI is InChI=1S/C9H9F3N2/c1-6-2-4-7(5-3-6)8(13-14-8)9(10,11)12/h2-5,13-14H,1H3. The van der Waals surface area contributed by atoms with Crippen LogP contribution in [0, 0.1) is 6.92 Å². The number of hydrogen-bond donors (Lipinski definition) is 2. The van der Waals surface area contributed by atoms with E-state index in [1.807, 2.05) is 6.92 Å². The van der Waals surface area contributed by atoms with Crippen LogP contribution in [0.3, 0.4) is 0 Å². The molecule has 1 saturated heterocycles. The molecule has 2 nitrogen and oxygen atoms in total. The predicted octanol–water partition coefficient (Wildman–Crippen LogP) is 1.82. The van der Waals surface area contributed by atoms with Gasteiger partial charge < -0.3 is 0 Å². The topological polar surface area (TPSA) is 43.9 Å². The molecule has 0 aliphatic carbocycles. The second-order valence-corrected chi connectivity index (χ2v) is 3.36. The second-order valence-electron chi connectivity index (χ2n) is 3.36. The molecular formula is C9H9F3N2. The maximum absolute atomic E-state index is 12.6. The zero-order valence-electron chi connectivity index (χ0n) is 7.44. The van der Waals surface area contributed by atoms with Crippen molar-refractivity contribution in [1.82, 2.24) is 10.9 Å². The van der Waals surface area contributed by atoms with Gasteiger partial charge in [-0.2, -0.15) is 13.2 Å². The van der Waals surface area contributed by atoms with E-state index in [-0.39, 0.29) is 5.56 Å². The first-order valence-electron chi connectivity index (χ1n) is 4.14. The summed E-state index contributed by atoms with van der Waals surface area (Å²) in [6, 6.07) is 6.25. The van der Waals surface area contributed by atoms with Crippen LogP contribution >= 0.6 is 0 Å². The quantitative estimate of drug-likeness (QED) is 0.682. The minimum Gasteiger partial charge on any atom is -0.223 e. The van der Waals surface area contributed by atoms with Crippen molar-refractivity contribution in [1.29, 1.82) is 0 Å². The van der Waals surface area contributed by atoms with E-state index >= 15 is 0 Å². The Kier molecular flexibility index (Phi) is 1.84. The smallest absolute Gasteiger partial charge is 0.223 e. The SMILES string of the molecule is Cc1ccc(C2(C(F)(F)F)NN2)cc1. The van der Waals surface area contributed by atoms with Crippen LogP contribution in [0.15, 0.2) is 24.3 Å². The molecule has 1 aliphatic rings. The summed E-state index contributed by atoms with van der Waals surface area (Å²) in [5.74, 6) is 0. The summed E-state index contributed by atoms with van der Waals surface area (Å²) in [6.45, 7) is 1.83. The molecule has 0 spiro atoms. The number of benzene rings is 1. The van der Waals surface area contributed by atoms with Crippen molar-refractivity contribution >= 4 is 0 Å². The molecule has 0 amide bonds. The van der Waals surface area contributed by atoms with Gasteiger partial charge in [-0.25, -0.2) is 10.9 Å². The summed E-state index contributed by atoms with van der Waals surface area (Å²) < 4.78 is 37.7. The molecule has 0 atom stereocenters. The van der Waals surface area contributed by atoms with Gasteiger partial charge >= 0.3 is 6.18 Å². The van der Waals surface area contributed by atoms with Crippen molar-refractivity contribution in [3.63, 3.8) is 0 Å². The minimum atomic E-state index is -4.32. The fourth-order valence-corrected chi connectivity index (χ4v) is 1.32. The fraction of sp³-hybridized carbons (Fsp3) is 0.333. The second kappa shape index (κ2) is 2.71. The number of halogens is 3. The van der Waals surface area contributed by atoms with E-state index < -0.39 is 11.8 Å². The molecular weight excluding hydrogens is 193 g/mol. The van der Waals surface area contributed by atoms with E-state index in [0.717, 1.165) is 5.56 Å². The molecule has 14 heavy (non-hydrogen) atoms. The third kappa shape index (κ3) is 1.29. The van der Waals surface area contributed by atoms with Gasteiger partial charge in [0.05, 0.1) is 0 Å². The Morgan fingerprint density at radius 3 is 1.93 bits per heavy atom. The van der Waals surface area contributed by atoms with E-state index in [1.54, 1.807) is 12.1 Å². The predicted molar refractivity (Wildman–Crippen MR) is 45.2 cm³/mol. The summed E-state index contributed by atoms with van der Waals surface area (Å²) in [5, 5.41) is 0. The average molecular weight is 202 g/mol. The normalized spacial score (nSPS) is 19.4. The van der Waals surface area contributed by atoms with Crippen LogP contribution in [0.4, 0.5) is 13.2 Å². The number of alkyl halides is 3. The van der Waals surface area contributed by atoms with E-state index in [4.69, 9.17) is 0 Å². The Labute approximate surface area is 79.1 Å². The van der Waals surface area contributed by atoms with Gasteiger partial charge in [0, 0.05) is 0 Å². The lowest BCUT2D eigenvalue weighted by molar-refractivity contribution is -0.165. The molecule has 2 rings (SSSR count). The lowest BCUT2D eigenvalue weighted by atomic mass is 10.0. The average Bonchev–Trinajstić information content (AvgIpc) is 2.84. The van der Waals surface area contributed by atoms with Crippen molar-refractivity contribution in [3.8, 4) is 0 Å². The summed E-state index contributed by atoms with van der Waals surface area (Å²) in [5.41, 5.74) is 3.40. The van der Waals surface area contributed by atoms with Crippen molar-refractivity contribution in [3.05, 3.63) is 35.4 Å². The van der Waals surface area contributed by atoms with E-state index in [0.29, 0.717) is 0 Å². The molecule has 0 bridgehead atoms. The molecule has 76 valence electrons. The highest BCUT2D eigenvalue weighted by Crippen LogP contribution is 2.41. The molecule has 1 aliphatic heterocycles. The van der Waals surface area contributed by atoms with Gasteiger partial charge in [-0.15, -0.1) is 0 Å². The molecule has 0 aromatic heterocycles. The van der Waals surface area contributed by atoms with Gasteiger partial charge in [-0.3, -0.25) is 0 Å². The molecule has 2 N–H and O–H groups in total. The van der Waals surface area contributed by atoms with Crippen molar-refractivity contribution in [2.24, 2.45) is 0 Å². The summed E-state index contributed by atoms with van der Waals surface area (Å²) in [6.07, 6.45) is -4.32. The Balaban J connectivity index is 2.36. The first-order chi connectivity index (χ1) is 6.46. The molecule has 1 heterocycles. The molecule has 1 aromatic rings. The van der Waals surface area contributed by atoms with Gasteiger partial charge in [0.2, 0.25) is 5.66 Å². The molecule has 0 radical (unpaired) electrons. The number of aryl methyl sites for hydroxylation is 1. The lowest BCUT2D eigenvalue weighted by Gasteiger charge is -2.16. The maximum atomic E-state index is 12.6. The van der Waals surface area contributed by atoms with Crippen LogP contribution in [0.2, 0.25) is 0 Å². The third-order valence-electron chi connectivity index (χ3n) is 2.28. The molecule has 1 aromatic carbocycles. The highest BCUT2D eigenvalue weighted by molar-refractivity contribution is 5.32. The van der Waals surface area contributed by atoms with Crippen LogP contribution in [0.25, 0.3) is 0 Å². The van der Waals surface area contributed by atoms with Gasteiger partial charge in [0.1, 0.15) is 0 Å². The fourth-order valence-electron chi connectivity index (χ4n) is 1.32. The first kappa shape index (κ1) is 9.48. The number of hydrogen-bond acceptors (Lipinski definition) is 2. The molecule has 0 saturated carbocycles. The van der Waals surface area contributed by atoms with Gasteiger partial charge in [0.15, 0.2) is 0 Å². The van der Waals surface area contributed by atoms with Gasteiger partial charge in [-0.05, 0) is 12.5 Å². The third-order valence-corrected chi connectivity index (χ3v) is 2.28. The van der Waals surface area contributed by atoms with Crippen LogP contribution < -0.4 is 10.9 Å². The van der Waals surface area contributed by atoms with E-state index in [9.17, 15) is 13.2 Å². The lowest BCUT2D eigenvalue weighted by Crippen LogP contribution is -2.34. The zero-order chi connectivity index (χ0) is 10.4. The van der Waals surface area contributed by atoms with Crippen LogP contribution in [-0.2, 0) is 5.66 Å². The van der Waals surface area contributed by atoms with Crippen LogP contribution in [0.5, 0.6) is 0 Å². The monoisotopic (exact) mass is 202 g/mol. The Bertz CT molecular complexity index is 338. The maximum Gasteiger partial charge on any atom is 0.426 e. The number of nitrogens with one attached hydrogen (secondary N) is 2. The van der Waals surface area contributed by atoms with Crippen molar-refractivity contribution in [2.45, 2.75) is 18.8 Å². The number of rotatable bonds is 1. The Hall–Kier alpha value is -1.07. The van der Waals surface area contributed by atoms with Crippen molar-refractivity contribution in [2.75, 3.05) is 0 Å². The highest BCUT2D eigenvalue weighted by Gasteiger charge is 2.65. The largest absolute Gasteiger partial charge is 0.426 e. The first-order valence-corrected chi connectivity index (χ1v) is 4.14. The van der Waals surface area contributed by atoms with Crippen LogP contribution in [0.1, 0.15) is 11.1 Å². The van der Waals surface area contributed by atoms with Gasteiger partial charge in [-0.1, -0.05) is 29.8 Å². The van der Waals surface area contributed by atoms with E-state index in [1.165, 1.54) is 12.1 Å².